The van der Waals surface area contributed by atoms with Gasteiger partial charge in [0.2, 0.25) is 0 Å². The van der Waals surface area contributed by atoms with Crippen molar-refractivity contribution in [3.8, 4) is 0 Å². The fraction of sp³-hybridized carbons (Fsp3) is 0.964. The number of fused-ring (bicyclic) bond motifs is 5. The highest BCUT2D eigenvalue weighted by molar-refractivity contribution is 8.14. The van der Waals surface area contributed by atoms with Gasteiger partial charge in [-0.2, -0.15) is 0 Å². The molecular weight excluding hydrogens is 428 g/mol. The van der Waals surface area contributed by atoms with Gasteiger partial charge in [0.1, 0.15) is 0 Å². The molecule has 4 aliphatic rings. The van der Waals surface area contributed by atoms with Crippen LogP contribution in [0, 0.1) is 51.7 Å². The average molecular weight is 479 g/mol. The zero-order valence-electron chi connectivity index (χ0n) is 21.8. The predicted molar refractivity (Wildman–Crippen MR) is 139 cm³/mol. The van der Waals surface area contributed by atoms with Crippen LogP contribution in [0.3, 0.4) is 0 Å². The van der Waals surface area contributed by atoms with Crippen molar-refractivity contribution in [1.29, 1.82) is 5.41 Å². The van der Waals surface area contributed by atoms with E-state index in [0.29, 0.717) is 23.7 Å². The maximum atomic E-state index is 12.1. The number of nitrogens with one attached hydrogen (secondary N) is 1. The van der Waals surface area contributed by atoms with Gasteiger partial charge in [-0.25, -0.2) is 0 Å². The molecule has 5 heteroatoms. The summed E-state index contributed by atoms with van der Waals surface area (Å²) in [6.07, 6.45) is 11.9. The van der Waals surface area contributed by atoms with Crippen molar-refractivity contribution in [2.24, 2.45) is 52.1 Å². The lowest BCUT2D eigenvalue weighted by Crippen LogP contribution is -2.68. The van der Waals surface area contributed by atoms with Crippen LogP contribution in [-0.4, -0.2) is 32.3 Å². The maximum absolute atomic E-state index is 12.1. The summed E-state index contributed by atoms with van der Waals surface area (Å²) in [7, 11) is 0. The normalized spacial score (nSPS) is 48.1. The van der Waals surface area contributed by atoms with E-state index >= 15 is 0 Å². The van der Waals surface area contributed by atoms with Gasteiger partial charge in [-0.05, 0) is 85.9 Å². The van der Waals surface area contributed by atoms with Crippen molar-refractivity contribution in [1.82, 2.24) is 0 Å². The minimum absolute atomic E-state index is 0.0823. The molecule has 0 saturated heterocycles. The summed E-state index contributed by atoms with van der Waals surface area (Å²) in [6.45, 7) is 12.1. The fourth-order valence-corrected chi connectivity index (χ4v) is 10.7. The molecule has 0 bridgehead atoms. The van der Waals surface area contributed by atoms with Crippen LogP contribution in [0.15, 0.2) is 0 Å². The van der Waals surface area contributed by atoms with Gasteiger partial charge in [0, 0.05) is 17.1 Å². The van der Waals surface area contributed by atoms with Gasteiger partial charge >= 0.3 is 0 Å². The molecule has 0 aliphatic heterocycles. The first kappa shape index (κ1) is 25.8. The zero-order valence-corrected chi connectivity index (χ0v) is 22.6. The Hall–Kier alpha value is -0.260. The molecule has 4 nitrogen and oxygen atoms in total. The topological polar surface area (TPSA) is 90.3 Å². The number of aliphatic hydroxyl groups is 2. The smallest absolute Gasteiger partial charge is 0.151 e. The summed E-state index contributed by atoms with van der Waals surface area (Å²) in [5, 5.41) is 30.7. The highest BCUT2D eigenvalue weighted by atomic mass is 32.2. The Kier molecular flexibility index (Phi) is 7.29. The van der Waals surface area contributed by atoms with E-state index < -0.39 is 11.7 Å². The van der Waals surface area contributed by atoms with Crippen LogP contribution in [0.4, 0.5) is 0 Å². The Morgan fingerprint density at radius 2 is 1.79 bits per heavy atom. The monoisotopic (exact) mass is 478 g/mol. The molecule has 0 spiro atoms. The lowest BCUT2D eigenvalue weighted by molar-refractivity contribution is -0.216. The number of thioether (sulfide) groups is 1. The number of rotatable bonds is 6. The quantitative estimate of drug-likeness (QED) is 0.271. The Morgan fingerprint density at radius 3 is 2.45 bits per heavy atom. The Bertz CT molecular complexity index is 731. The minimum Gasteiger partial charge on any atom is -0.393 e. The molecule has 0 heterocycles. The second-order valence-electron chi connectivity index (χ2n) is 13.4. The third-order valence-electron chi connectivity index (χ3n) is 11.3. The van der Waals surface area contributed by atoms with Crippen molar-refractivity contribution < 1.29 is 10.2 Å². The molecule has 4 rings (SSSR count). The van der Waals surface area contributed by atoms with E-state index in [1.807, 2.05) is 0 Å². The molecule has 0 aromatic rings. The molecular formula is C28H50N2O2S. The SMILES string of the molecule is CC(C)CCC[C@@H](C)[C@H]1CC[C@H]2[C@@H]3CC(SC(=N)N)C4(O)CC(O)CC[C@]4(C)[C@H]3CC[C@]12C. The Labute approximate surface area is 206 Å². The first-order chi connectivity index (χ1) is 15.4. The predicted octanol–water partition coefficient (Wildman–Crippen LogP) is 6.19. The van der Waals surface area contributed by atoms with Crippen LogP contribution in [0.5, 0.6) is 0 Å². The first-order valence-electron chi connectivity index (χ1n) is 13.8. The fourth-order valence-electron chi connectivity index (χ4n) is 9.56. The highest BCUT2D eigenvalue weighted by Crippen LogP contribution is 2.70. The lowest BCUT2D eigenvalue weighted by Gasteiger charge is -2.66. The third kappa shape index (κ3) is 4.31. The molecule has 0 amide bonds. The summed E-state index contributed by atoms with van der Waals surface area (Å²) in [5.41, 5.74) is 5.17. The molecule has 5 N–H and O–H groups in total. The summed E-state index contributed by atoms with van der Waals surface area (Å²) < 4.78 is 0. The number of aliphatic hydroxyl groups excluding tert-OH is 1. The summed E-state index contributed by atoms with van der Waals surface area (Å²) in [5.74, 6) is 4.25. The average Bonchev–Trinajstić information content (AvgIpc) is 3.07. The molecule has 4 aliphatic carbocycles. The maximum Gasteiger partial charge on any atom is 0.151 e. The van der Waals surface area contributed by atoms with Crippen molar-refractivity contribution >= 4 is 16.9 Å². The summed E-state index contributed by atoms with van der Waals surface area (Å²) >= 11 is 1.37. The van der Waals surface area contributed by atoms with Crippen molar-refractivity contribution in [2.45, 2.75) is 122 Å². The molecule has 4 fully saturated rings. The van der Waals surface area contributed by atoms with Gasteiger partial charge in [-0.1, -0.05) is 65.6 Å². The molecule has 33 heavy (non-hydrogen) atoms. The van der Waals surface area contributed by atoms with E-state index in [1.165, 1.54) is 56.7 Å². The van der Waals surface area contributed by atoms with E-state index in [9.17, 15) is 10.2 Å². The Morgan fingerprint density at radius 1 is 1.06 bits per heavy atom. The minimum atomic E-state index is -0.932. The summed E-state index contributed by atoms with van der Waals surface area (Å²) in [6, 6.07) is 0. The second kappa shape index (κ2) is 9.32. The standard InChI is InChI=1S/C28H50N2O2S/c1-17(2)7-6-8-18(3)21-9-10-22-20-15-24(33-25(29)30)28(32)16-19(31)11-14-27(28,5)23(20)12-13-26(21,22)4/h17-24,31-32H,6-16H2,1-5H3,(H3,29,30)/t18-,19?,20+,21-,22+,23+,24?,26-,27-,28?/m1/s1. The largest absolute Gasteiger partial charge is 0.393 e. The van der Waals surface area contributed by atoms with Crippen molar-refractivity contribution in [3.63, 3.8) is 0 Å². The van der Waals surface area contributed by atoms with Crippen LogP contribution in [0.1, 0.15) is 105 Å². The molecule has 0 aromatic carbocycles. The van der Waals surface area contributed by atoms with E-state index in [0.717, 1.165) is 42.9 Å². The first-order valence-corrected chi connectivity index (χ1v) is 14.7. The number of amidine groups is 1. The van der Waals surface area contributed by atoms with Gasteiger partial charge in [-0.15, -0.1) is 0 Å². The van der Waals surface area contributed by atoms with Crippen LogP contribution in [0.25, 0.3) is 0 Å². The molecule has 3 unspecified atom stereocenters. The molecule has 10 atom stereocenters. The van der Waals surface area contributed by atoms with Crippen LogP contribution in [-0.2, 0) is 0 Å². The second-order valence-corrected chi connectivity index (χ2v) is 14.6. The Balaban J connectivity index is 1.58. The van der Waals surface area contributed by atoms with Crippen molar-refractivity contribution in [3.05, 3.63) is 0 Å². The highest BCUT2D eigenvalue weighted by Gasteiger charge is 2.67. The molecule has 4 saturated carbocycles. The van der Waals surface area contributed by atoms with E-state index in [2.05, 4.69) is 34.6 Å². The van der Waals surface area contributed by atoms with E-state index in [4.69, 9.17) is 11.1 Å². The van der Waals surface area contributed by atoms with Crippen LogP contribution >= 0.6 is 11.8 Å². The number of hydrogen-bond donors (Lipinski definition) is 4. The van der Waals surface area contributed by atoms with E-state index in [1.54, 1.807) is 0 Å². The van der Waals surface area contributed by atoms with Gasteiger partial charge in [-0.3, -0.25) is 5.41 Å². The van der Waals surface area contributed by atoms with Gasteiger partial charge in [0.05, 0.1) is 11.7 Å². The number of hydrogen-bond acceptors (Lipinski definition) is 4. The molecule has 0 aromatic heterocycles. The lowest BCUT2D eigenvalue weighted by atomic mass is 9.43. The number of nitrogens with two attached hydrogens (primary N) is 1. The third-order valence-corrected chi connectivity index (χ3v) is 12.4. The van der Waals surface area contributed by atoms with Crippen molar-refractivity contribution in [2.75, 3.05) is 0 Å². The molecule has 190 valence electrons. The zero-order chi connectivity index (χ0) is 24.2. The molecule has 0 radical (unpaired) electrons. The van der Waals surface area contributed by atoms with Gasteiger partial charge in [0.15, 0.2) is 5.17 Å². The van der Waals surface area contributed by atoms with Crippen LogP contribution < -0.4 is 5.73 Å². The van der Waals surface area contributed by atoms with Gasteiger partial charge < -0.3 is 15.9 Å². The summed E-state index contributed by atoms with van der Waals surface area (Å²) in [4.78, 5) is 0. The van der Waals surface area contributed by atoms with Gasteiger partial charge in [0.25, 0.3) is 0 Å². The van der Waals surface area contributed by atoms with Crippen LogP contribution in [0.2, 0.25) is 0 Å². The van der Waals surface area contributed by atoms with E-state index in [-0.39, 0.29) is 15.8 Å².